The standard InChI is InChI=1S/C14H18N4O3/c1-8(12-9(2)17-21-10(12)3)15-14(20)16-11-6-5-7-18(4)13(11)19/h5-8H,1-4H3,(H2,15,16,20). The number of amides is 2. The van der Waals surface area contributed by atoms with Crippen LogP contribution in [0.3, 0.4) is 0 Å². The van der Waals surface area contributed by atoms with Crippen LogP contribution in [-0.4, -0.2) is 15.8 Å². The topological polar surface area (TPSA) is 89.2 Å². The van der Waals surface area contributed by atoms with Crippen LogP contribution in [-0.2, 0) is 7.05 Å². The molecule has 0 saturated heterocycles. The van der Waals surface area contributed by atoms with Gasteiger partial charge in [0.15, 0.2) is 0 Å². The molecule has 0 aliphatic heterocycles. The average Bonchev–Trinajstić information content (AvgIpc) is 2.74. The number of rotatable bonds is 3. The van der Waals surface area contributed by atoms with Gasteiger partial charge in [0.2, 0.25) is 0 Å². The molecule has 2 aromatic rings. The summed E-state index contributed by atoms with van der Waals surface area (Å²) in [6.07, 6.45) is 1.62. The molecule has 2 rings (SSSR count). The van der Waals surface area contributed by atoms with E-state index in [2.05, 4.69) is 15.8 Å². The molecule has 7 heteroatoms. The number of aromatic nitrogens is 2. The summed E-state index contributed by atoms with van der Waals surface area (Å²) in [7, 11) is 1.62. The molecule has 2 N–H and O–H groups in total. The Morgan fingerprint density at radius 2 is 2.14 bits per heavy atom. The van der Waals surface area contributed by atoms with Crippen molar-refractivity contribution in [1.82, 2.24) is 15.0 Å². The van der Waals surface area contributed by atoms with Gasteiger partial charge in [0.25, 0.3) is 5.56 Å². The third-order valence-electron chi connectivity index (χ3n) is 3.24. The molecule has 0 fully saturated rings. The van der Waals surface area contributed by atoms with Gasteiger partial charge in [0.1, 0.15) is 11.4 Å². The maximum atomic E-state index is 12.0. The lowest BCUT2D eigenvalue weighted by Gasteiger charge is -2.14. The van der Waals surface area contributed by atoms with Crippen molar-refractivity contribution < 1.29 is 9.32 Å². The normalized spacial score (nSPS) is 12.0. The van der Waals surface area contributed by atoms with Crippen LogP contribution in [0, 0.1) is 13.8 Å². The van der Waals surface area contributed by atoms with Crippen molar-refractivity contribution in [3.05, 3.63) is 45.7 Å². The Morgan fingerprint density at radius 3 is 2.76 bits per heavy atom. The molecule has 21 heavy (non-hydrogen) atoms. The summed E-state index contributed by atoms with van der Waals surface area (Å²) in [5, 5.41) is 9.16. The third-order valence-corrected chi connectivity index (χ3v) is 3.24. The van der Waals surface area contributed by atoms with E-state index in [1.54, 1.807) is 32.3 Å². The van der Waals surface area contributed by atoms with Crippen LogP contribution < -0.4 is 16.2 Å². The van der Waals surface area contributed by atoms with Crippen molar-refractivity contribution in [3.8, 4) is 0 Å². The largest absolute Gasteiger partial charge is 0.361 e. The van der Waals surface area contributed by atoms with E-state index in [4.69, 9.17) is 4.52 Å². The molecule has 0 spiro atoms. The summed E-state index contributed by atoms with van der Waals surface area (Å²) in [4.78, 5) is 23.8. The Balaban J connectivity index is 2.09. The summed E-state index contributed by atoms with van der Waals surface area (Å²) in [6.45, 7) is 5.43. The predicted molar refractivity (Wildman–Crippen MR) is 78.2 cm³/mol. The summed E-state index contributed by atoms with van der Waals surface area (Å²) in [6, 6.07) is 2.52. The molecular weight excluding hydrogens is 272 g/mol. The van der Waals surface area contributed by atoms with Crippen LogP contribution in [0.15, 0.2) is 27.6 Å². The fourth-order valence-electron chi connectivity index (χ4n) is 2.23. The first-order chi connectivity index (χ1) is 9.90. The van der Waals surface area contributed by atoms with E-state index in [0.29, 0.717) is 5.76 Å². The van der Waals surface area contributed by atoms with Crippen LogP contribution >= 0.6 is 0 Å². The highest BCUT2D eigenvalue weighted by molar-refractivity contribution is 5.89. The summed E-state index contributed by atoms with van der Waals surface area (Å²) >= 11 is 0. The second kappa shape index (κ2) is 5.82. The van der Waals surface area contributed by atoms with E-state index in [1.807, 2.05) is 13.8 Å². The molecule has 7 nitrogen and oxygen atoms in total. The number of nitrogens with one attached hydrogen (secondary N) is 2. The van der Waals surface area contributed by atoms with Gasteiger partial charge in [-0.05, 0) is 32.9 Å². The number of anilines is 1. The summed E-state index contributed by atoms with van der Waals surface area (Å²) < 4.78 is 6.47. The highest BCUT2D eigenvalue weighted by atomic mass is 16.5. The van der Waals surface area contributed by atoms with Gasteiger partial charge in [-0.1, -0.05) is 5.16 Å². The van der Waals surface area contributed by atoms with Gasteiger partial charge < -0.3 is 19.7 Å². The predicted octanol–water partition coefficient (Wildman–Crippen LogP) is 1.87. The molecule has 0 aromatic carbocycles. The van der Waals surface area contributed by atoms with Crippen molar-refractivity contribution in [2.75, 3.05) is 5.32 Å². The quantitative estimate of drug-likeness (QED) is 0.903. The Kier molecular flexibility index (Phi) is 4.11. The minimum absolute atomic E-state index is 0.225. The number of pyridine rings is 1. The van der Waals surface area contributed by atoms with Crippen molar-refractivity contribution in [2.45, 2.75) is 26.8 Å². The first kappa shape index (κ1) is 14.8. The molecule has 112 valence electrons. The van der Waals surface area contributed by atoms with Gasteiger partial charge in [0, 0.05) is 18.8 Å². The lowest BCUT2D eigenvalue weighted by molar-refractivity contribution is 0.249. The number of carbonyl (C=O) groups excluding carboxylic acids is 1. The highest BCUT2D eigenvalue weighted by Gasteiger charge is 2.18. The van der Waals surface area contributed by atoms with E-state index in [1.165, 1.54) is 4.57 Å². The Morgan fingerprint density at radius 1 is 1.43 bits per heavy atom. The molecule has 0 saturated carbocycles. The fraction of sp³-hybridized carbons (Fsp3) is 0.357. The number of carbonyl (C=O) groups is 1. The number of nitrogens with zero attached hydrogens (tertiary/aromatic N) is 2. The van der Waals surface area contributed by atoms with E-state index in [9.17, 15) is 9.59 Å². The van der Waals surface area contributed by atoms with Gasteiger partial charge >= 0.3 is 6.03 Å². The molecule has 1 unspecified atom stereocenters. The number of hydrogen-bond donors (Lipinski definition) is 2. The lowest BCUT2D eigenvalue weighted by Crippen LogP contribution is -2.34. The zero-order valence-corrected chi connectivity index (χ0v) is 12.4. The second-order valence-electron chi connectivity index (χ2n) is 4.90. The van der Waals surface area contributed by atoms with Crippen LogP contribution in [0.5, 0.6) is 0 Å². The molecule has 2 aromatic heterocycles. The van der Waals surface area contributed by atoms with Crippen LogP contribution in [0.2, 0.25) is 0 Å². The van der Waals surface area contributed by atoms with Gasteiger partial charge in [-0.25, -0.2) is 4.79 Å². The molecule has 2 heterocycles. The molecule has 1 atom stereocenters. The highest BCUT2D eigenvalue weighted by Crippen LogP contribution is 2.20. The van der Waals surface area contributed by atoms with E-state index < -0.39 is 6.03 Å². The van der Waals surface area contributed by atoms with Crippen molar-refractivity contribution in [1.29, 1.82) is 0 Å². The lowest BCUT2D eigenvalue weighted by atomic mass is 10.1. The SMILES string of the molecule is Cc1noc(C)c1C(C)NC(=O)Nc1cccn(C)c1=O. The first-order valence-electron chi connectivity index (χ1n) is 6.56. The van der Waals surface area contributed by atoms with Gasteiger partial charge in [-0.3, -0.25) is 4.79 Å². The molecule has 0 aliphatic rings. The van der Waals surface area contributed by atoms with Crippen molar-refractivity contribution >= 4 is 11.7 Å². The maximum Gasteiger partial charge on any atom is 0.319 e. The molecular formula is C14H18N4O3. The average molecular weight is 290 g/mol. The Bertz CT molecular complexity index is 698. The van der Waals surface area contributed by atoms with E-state index in [0.717, 1.165) is 11.3 Å². The van der Waals surface area contributed by atoms with Crippen LogP contribution in [0.25, 0.3) is 0 Å². The Labute approximate surface area is 121 Å². The second-order valence-corrected chi connectivity index (χ2v) is 4.90. The van der Waals surface area contributed by atoms with Gasteiger partial charge in [-0.15, -0.1) is 0 Å². The van der Waals surface area contributed by atoms with Crippen molar-refractivity contribution in [3.63, 3.8) is 0 Å². The van der Waals surface area contributed by atoms with Crippen molar-refractivity contribution in [2.24, 2.45) is 7.05 Å². The van der Waals surface area contributed by atoms with E-state index in [-0.39, 0.29) is 17.3 Å². The minimum Gasteiger partial charge on any atom is -0.361 e. The summed E-state index contributed by atoms with van der Waals surface area (Å²) in [5.41, 5.74) is 1.53. The van der Waals surface area contributed by atoms with Crippen LogP contribution in [0.1, 0.15) is 30.0 Å². The van der Waals surface area contributed by atoms with E-state index >= 15 is 0 Å². The zero-order valence-electron chi connectivity index (χ0n) is 12.4. The smallest absolute Gasteiger partial charge is 0.319 e. The fourth-order valence-corrected chi connectivity index (χ4v) is 2.23. The molecule has 0 aliphatic carbocycles. The van der Waals surface area contributed by atoms with Gasteiger partial charge in [-0.2, -0.15) is 0 Å². The third kappa shape index (κ3) is 3.13. The van der Waals surface area contributed by atoms with Gasteiger partial charge in [0.05, 0.1) is 11.7 Å². The molecule has 2 amide bonds. The number of aryl methyl sites for hydroxylation is 3. The monoisotopic (exact) mass is 290 g/mol. The molecule has 0 bridgehead atoms. The Hall–Kier alpha value is -2.57. The zero-order chi connectivity index (χ0) is 15.6. The number of hydrogen-bond acceptors (Lipinski definition) is 4. The maximum absolute atomic E-state index is 12.0. The minimum atomic E-state index is -0.453. The van der Waals surface area contributed by atoms with Crippen LogP contribution in [0.4, 0.5) is 10.5 Å². The number of urea groups is 1. The molecule has 0 radical (unpaired) electrons. The summed E-state index contributed by atoms with van der Waals surface area (Å²) in [5.74, 6) is 0.663. The first-order valence-corrected chi connectivity index (χ1v) is 6.56.